The molecular weight excluding hydrogens is 316 g/mol. The number of benzene rings is 2. The molecule has 0 bridgehead atoms. The van der Waals surface area contributed by atoms with Gasteiger partial charge in [-0.3, -0.25) is 9.59 Å². The maximum atomic E-state index is 13.3. The average molecular weight is 334 g/mol. The predicted molar refractivity (Wildman–Crippen MR) is 96.8 cm³/mol. The summed E-state index contributed by atoms with van der Waals surface area (Å²) in [6.07, 6.45) is 2.36. The monoisotopic (exact) mass is 334 g/mol. The molecule has 1 aliphatic carbocycles. The summed E-state index contributed by atoms with van der Waals surface area (Å²) in [5.41, 5.74) is 2.72. The van der Waals surface area contributed by atoms with Gasteiger partial charge in [-0.25, -0.2) is 0 Å². The summed E-state index contributed by atoms with van der Waals surface area (Å²) < 4.78 is 0. The van der Waals surface area contributed by atoms with E-state index in [1.54, 1.807) is 11.8 Å². The molecule has 3 heteroatoms. The Bertz CT molecular complexity index is 808. The molecule has 2 nitrogen and oxygen atoms in total. The topological polar surface area (TPSA) is 34.1 Å². The van der Waals surface area contributed by atoms with Crippen molar-refractivity contribution in [3.63, 3.8) is 0 Å². The van der Waals surface area contributed by atoms with Gasteiger partial charge < -0.3 is 0 Å². The zero-order chi connectivity index (χ0) is 16.5. The number of carbonyl (C=O) groups excluding carboxylic acids is 2. The minimum atomic E-state index is -0.416. The first kappa shape index (κ1) is 15.4. The second-order valence-corrected chi connectivity index (χ2v) is 7.47. The van der Waals surface area contributed by atoms with Crippen LogP contribution >= 0.6 is 11.8 Å². The van der Waals surface area contributed by atoms with Crippen molar-refractivity contribution in [3.05, 3.63) is 82.3 Å². The molecule has 2 aromatic rings. The van der Waals surface area contributed by atoms with Gasteiger partial charge in [-0.1, -0.05) is 60.7 Å². The van der Waals surface area contributed by atoms with Gasteiger partial charge in [0.15, 0.2) is 11.6 Å². The Hall–Kier alpha value is -2.13. The Labute approximate surface area is 146 Å². The van der Waals surface area contributed by atoms with Crippen LogP contribution in [0.2, 0.25) is 0 Å². The second-order valence-electron chi connectivity index (χ2n) is 6.27. The largest absolute Gasteiger partial charge is 0.297 e. The van der Waals surface area contributed by atoms with Gasteiger partial charge in [0.05, 0.1) is 11.2 Å². The SMILES string of the molecule is O=C1CCCC2=C1C(c1ccccc1)C(=O)C(c1ccccc1)S2. The third-order valence-corrected chi connectivity index (χ3v) is 6.18. The Balaban J connectivity index is 1.85. The highest BCUT2D eigenvalue weighted by atomic mass is 32.2. The van der Waals surface area contributed by atoms with Crippen LogP contribution < -0.4 is 0 Å². The van der Waals surface area contributed by atoms with Crippen molar-refractivity contribution < 1.29 is 9.59 Å². The summed E-state index contributed by atoms with van der Waals surface area (Å²) >= 11 is 1.59. The van der Waals surface area contributed by atoms with Crippen molar-refractivity contribution in [2.24, 2.45) is 0 Å². The molecule has 0 spiro atoms. The van der Waals surface area contributed by atoms with Crippen LogP contribution in [-0.2, 0) is 9.59 Å². The molecular formula is C21H18O2S. The normalized spacial score (nSPS) is 24.0. The lowest BCUT2D eigenvalue weighted by molar-refractivity contribution is -0.122. The van der Waals surface area contributed by atoms with Crippen molar-refractivity contribution in [2.75, 3.05) is 0 Å². The Morgan fingerprint density at radius 3 is 2.08 bits per heavy atom. The van der Waals surface area contributed by atoms with Crippen molar-refractivity contribution in [1.29, 1.82) is 0 Å². The summed E-state index contributed by atoms with van der Waals surface area (Å²) in [6, 6.07) is 19.7. The molecule has 0 saturated heterocycles. The number of hydrogen-bond acceptors (Lipinski definition) is 3. The highest BCUT2D eigenvalue weighted by molar-refractivity contribution is 8.04. The van der Waals surface area contributed by atoms with Crippen LogP contribution in [0.5, 0.6) is 0 Å². The maximum absolute atomic E-state index is 13.3. The highest BCUT2D eigenvalue weighted by Crippen LogP contribution is 2.51. The van der Waals surface area contributed by atoms with E-state index < -0.39 is 5.92 Å². The summed E-state index contributed by atoms with van der Waals surface area (Å²) in [5.74, 6) is -0.135. The zero-order valence-corrected chi connectivity index (χ0v) is 14.1. The number of Topliss-reactive ketones (excluding diaryl/α,β-unsaturated/α-hetero) is 2. The van der Waals surface area contributed by atoms with E-state index in [9.17, 15) is 9.59 Å². The zero-order valence-electron chi connectivity index (χ0n) is 13.3. The van der Waals surface area contributed by atoms with Gasteiger partial charge >= 0.3 is 0 Å². The quantitative estimate of drug-likeness (QED) is 0.788. The Morgan fingerprint density at radius 2 is 1.42 bits per heavy atom. The van der Waals surface area contributed by atoms with E-state index in [0.29, 0.717) is 6.42 Å². The fourth-order valence-corrected chi connectivity index (χ4v) is 5.06. The molecule has 0 N–H and O–H groups in total. The van der Waals surface area contributed by atoms with E-state index in [-0.39, 0.29) is 16.8 Å². The lowest BCUT2D eigenvalue weighted by Gasteiger charge is -2.34. The molecule has 2 aliphatic rings. The van der Waals surface area contributed by atoms with Gasteiger partial charge in [-0.05, 0) is 28.9 Å². The van der Waals surface area contributed by atoms with Crippen molar-refractivity contribution >= 4 is 23.3 Å². The highest BCUT2D eigenvalue weighted by Gasteiger charge is 2.42. The molecule has 0 saturated carbocycles. The lowest BCUT2D eigenvalue weighted by Crippen LogP contribution is -2.30. The van der Waals surface area contributed by atoms with Crippen LogP contribution in [0.25, 0.3) is 0 Å². The van der Waals surface area contributed by atoms with Gasteiger partial charge in [0.25, 0.3) is 0 Å². The molecule has 4 rings (SSSR count). The molecule has 2 unspecified atom stereocenters. The third-order valence-electron chi connectivity index (χ3n) is 4.74. The molecule has 0 amide bonds. The van der Waals surface area contributed by atoms with Gasteiger partial charge in [0, 0.05) is 12.0 Å². The summed E-state index contributed by atoms with van der Waals surface area (Å²) in [4.78, 5) is 27.0. The molecule has 0 radical (unpaired) electrons. The lowest BCUT2D eigenvalue weighted by atomic mass is 9.79. The maximum Gasteiger partial charge on any atom is 0.162 e. The molecule has 1 aliphatic heterocycles. The van der Waals surface area contributed by atoms with E-state index in [2.05, 4.69) is 0 Å². The summed E-state index contributed by atoms with van der Waals surface area (Å²) in [5, 5.41) is -0.221. The summed E-state index contributed by atoms with van der Waals surface area (Å²) in [6.45, 7) is 0. The third kappa shape index (κ3) is 2.63. The minimum Gasteiger partial charge on any atom is -0.297 e. The standard InChI is InChI=1S/C21H18O2S/c22-16-12-7-13-17-19(16)18(14-8-3-1-4-9-14)20(23)21(24-17)15-10-5-2-6-11-15/h1-6,8-11,18,21H,7,12-13H2. The van der Waals surface area contributed by atoms with Crippen molar-refractivity contribution in [2.45, 2.75) is 30.4 Å². The van der Waals surface area contributed by atoms with E-state index in [4.69, 9.17) is 0 Å². The van der Waals surface area contributed by atoms with Crippen LogP contribution in [0.4, 0.5) is 0 Å². The van der Waals surface area contributed by atoms with Crippen LogP contribution in [0.3, 0.4) is 0 Å². The van der Waals surface area contributed by atoms with Crippen LogP contribution in [-0.4, -0.2) is 11.6 Å². The van der Waals surface area contributed by atoms with E-state index >= 15 is 0 Å². The van der Waals surface area contributed by atoms with Gasteiger partial charge in [0.2, 0.25) is 0 Å². The first-order valence-corrected chi connectivity index (χ1v) is 9.20. The summed E-state index contributed by atoms with van der Waals surface area (Å²) in [7, 11) is 0. The van der Waals surface area contributed by atoms with Gasteiger partial charge in [0.1, 0.15) is 0 Å². The average Bonchev–Trinajstić information content (AvgIpc) is 2.63. The van der Waals surface area contributed by atoms with Crippen molar-refractivity contribution in [1.82, 2.24) is 0 Å². The van der Waals surface area contributed by atoms with E-state index in [0.717, 1.165) is 34.4 Å². The fourth-order valence-electron chi connectivity index (χ4n) is 3.61. The number of thioether (sulfide) groups is 1. The van der Waals surface area contributed by atoms with Crippen LogP contribution in [0.15, 0.2) is 71.1 Å². The Morgan fingerprint density at radius 1 is 0.792 bits per heavy atom. The molecule has 0 aromatic heterocycles. The first-order chi connectivity index (χ1) is 11.8. The number of carbonyl (C=O) groups is 2. The van der Waals surface area contributed by atoms with Crippen LogP contribution in [0, 0.1) is 0 Å². The predicted octanol–water partition coefficient (Wildman–Crippen LogP) is 4.83. The van der Waals surface area contributed by atoms with E-state index in [1.807, 2.05) is 60.7 Å². The molecule has 120 valence electrons. The van der Waals surface area contributed by atoms with Crippen molar-refractivity contribution in [3.8, 4) is 0 Å². The molecule has 0 fully saturated rings. The fraction of sp³-hybridized carbons (Fsp3) is 0.238. The molecule has 2 aromatic carbocycles. The molecule has 24 heavy (non-hydrogen) atoms. The smallest absolute Gasteiger partial charge is 0.162 e. The van der Waals surface area contributed by atoms with Crippen LogP contribution in [0.1, 0.15) is 41.6 Å². The number of hydrogen-bond donors (Lipinski definition) is 0. The van der Waals surface area contributed by atoms with Gasteiger partial charge in [-0.15, -0.1) is 11.8 Å². The van der Waals surface area contributed by atoms with Gasteiger partial charge in [-0.2, -0.15) is 0 Å². The molecule has 2 atom stereocenters. The number of allylic oxidation sites excluding steroid dienone is 2. The van der Waals surface area contributed by atoms with E-state index in [1.165, 1.54) is 0 Å². The minimum absolute atomic E-state index is 0.131. The first-order valence-electron chi connectivity index (χ1n) is 8.32. The number of rotatable bonds is 2. The Kier molecular flexibility index (Phi) is 4.11. The molecule has 1 heterocycles. The second kappa shape index (κ2) is 6.40. The number of ketones is 2.